The second-order valence-corrected chi connectivity index (χ2v) is 7.17. The van der Waals surface area contributed by atoms with E-state index >= 15 is 0 Å². The Labute approximate surface area is 163 Å². The highest BCUT2D eigenvalue weighted by Gasteiger charge is 2.19. The molecule has 3 heterocycles. The van der Waals surface area contributed by atoms with Crippen molar-refractivity contribution in [1.82, 2.24) is 25.2 Å². The third-order valence-electron chi connectivity index (χ3n) is 4.92. The molecule has 4 rings (SSSR count). The first-order chi connectivity index (χ1) is 13.7. The van der Waals surface area contributed by atoms with Gasteiger partial charge in [0.25, 0.3) is 0 Å². The van der Waals surface area contributed by atoms with Crippen molar-refractivity contribution in [3.63, 3.8) is 0 Å². The number of hydrogen-bond acceptors (Lipinski definition) is 9. The van der Waals surface area contributed by atoms with E-state index in [0.717, 1.165) is 32.5 Å². The predicted octanol–water partition coefficient (Wildman–Crippen LogP) is 1.52. The summed E-state index contributed by atoms with van der Waals surface area (Å²) in [6.45, 7) is 3.96. The van der Waals surface area contributed by atoms with Crippen molar-refractivity contribution in [2.75, 3.05) is 43.4 Å². The molecule has 1 fully saturated rings. The second kappa shape index (κ2) is 8.49. The van der Waals surface area contributed by atoms with Gasteiger partial charge in [0.15, 0.2) is 11.6 Å². The maximum absolute atomic E-state index is 9.83. The SMILES string of the molecule is CN(Cc1ccccc1)c1nc2nonc2nc1NCCN1CCCC(O)C1. The summed E-state index contributed by atoms with van der Waals surface area (Å²) in [7, 11) is 1.97. The van der Waals surface area contributed by atoms with Crippen LogP contribution < -0.4 is 10.2 Å². The van der Waals surface area contributed by atoms with Gasteiger partial charge in [-0.15, -0.1) is 0 Å². The van der Waals surface area contributed by atoms with E-state index in [9.17, 15) is 5.11 Å². The first-order valence-corrected chi connectivity index (χ1v) is 9.59. The minimum atomic E-state index is -0.223. The van der Waals surface area contributed by atoms with Gasteiger partial charge in [-0.3, -0.25) is 4.90 Å². The number of aliphatic hydroxyl groups is 1. The van der Waals surface area contributed by atoms with Crippen molar-refractivity contribution in [3.8, 4) is 0 Å². The largest absolute Gasteiger partial charge is 0.392 e. The minimum absolute atomic E-state index is 0.223. The molecule has 1 atom stereocenters. The smallest absolute Gasteiger partial charge is 0.245 e. The Hall–Kier alpha value is -2.78. The highest BCUT2D eigenvalue weighted by molar-refractivity contribution is 5.73. The van der Waals surface area contributed by atoms with Gasteiger partial charge < -0.3 is 15.3 Å². The van der Waals surface area contributed by atoms with E-state index in [1.807, 2.05) is 30.1 Å². The van der Waals surface area contributed by atoms with Gasteiger partial charge >= 0.3 is 0 Å². The molecule has 0 spiro atoms. The lowest BCUT2D eigenvalue weighted by molar-refractivity contribution is 0.0730. The molecule has 0 aliphatic carbocycles. The van der Waals surface area contributed by atoms with E-state index in [0.29, 0.717) is 36.0 Å². The lowest BCUT2D eigenvalue weighted by Gasteiger charge is -2.30. The number of fused-ring (bicyclic) bond motifs is 1. The maximum atomic E-state index is 9.83. The fraction of sp³-hybridized carbons (Fsp3) is 0.474. The van der Waals surface area contributed by atoms with Gasteiger partial charge in [0, 0.05) is 33.2 Å². The molecule has 0 saturated carbocycles. The number of hydrogen-bond donors (Lipinski definition) is 2. The first kappa shape index (κ1) is 18.6. The monoisotopic (exact) mass is 383 g/mol. The highest BCUT2D eigenvalue weighted by atomic mass is 16.6. The summed E-state index contributed by atoms with van der Waals surface area (Å²) in [5, 5.41) is 20.8. The quantitative estimate of drug-likeness (QED) is 0.628. The van der Waals surface area contributed by atoms with Crippen LogP contribution in [0.4, 0.5) is 11.6 Å². The van der Waals surface area contributed by atoms with E-state index in [1.54, 1.807) is 0 Å². The van der Waals surface area contributed by atoms with Crippen LogP contribution in [-0.2, 0) is 6.54 Å². The van der Waals surface area contributed by atoms with Crippen LogP contribution in [0, 0.1) is 0 Å². The standard InChI is InChI=1S/C19H25N7O2/c1-25(12-14-6-3-2-4-7-14)19-18(21-16-17(22-19)24-28-23-16)20-9-11-26-10-5-8-15(27)13-26/h2-4,6-7,15,27H,5,8-13H2,1H3,(H,20,21,23). The van der Waals surface area contributed by atoms with Crippen molar-refractivity contribution in [2.45, 2.75) is 25.5 Å². The van der Waals surface area contributed by atoms with Crippen molar-refractivity contribution < 1.29 is 9.74 Å². The summed E-state index contributed by atoms with van der Waals surface area (Å²) < 4.78 is 4.78. The molecule has 2 aromatic heterocycles. The molecule has 148 valence electrons. The first-order valence-electron chi connectivity index (χ1n) is 9.59. The summed E-state index contributed by atoms with van der Waals surface area (Å²) in [4.78, 5) is 13.4. The van der Waals surface area contributed by atoms with Gasteiger partial charge in [0.1, 0.15) is 0 Å². The van der Waals surface area contributed by atoms with Crippen LogP contribution in [0.25, 0.3) is 11.3 Å². The number of anilines is 2. The zero-order valence-corrected chi connectivity index (χ0v) is 16.0. The number of nitrogens with one attached hydrogen (secondary N) is 1. The Bertz CT molecular complexity index is 902. The molecule has 2 N–H and O–H groups in total. The minimum Gasteiger partial charge on any atom is -0.392 e. The van der Waals surface area contributed by atoms with Gasteiger partial charge in [-0.1, -0.05) is 30.3 Å². The molecule has 0 radical (unpaired) electrons. The van der Waals surface area contributed by atoms with Gasteiger partial charge in [-0.2, -0.15) is 0 Å². The van der Waals surface area contributed by atoms with E-state index in [-0.39, 0.29) is 6.10 Å². The summed E-state index contributed by atoms with van der Waals surface area (Å²) in [5.41, 5.74) is 1.95. The van der Waals surface area contributed by atoms with Gasteiger partial charge in [-0.25, -0.2) is 14.6 Å². The summed E-state index contributed by atoms with van der Waals surface area (Å²) >= 11 is 0. The van der Waals surface area contributed by atoms with E-state index in [2.05, 4.69) is 42.6 Å². The Morgan fingerprint density at radius 2 is 2.00 bits per heavy atom. The third kappa shape index (κ3) is 4.37. The average molecular weight is 383 g/mol. The zero-order valence-electron chi connectivity index (χ0n) is 16.0. The molecule has 1 aliphatic rings. The number of aliphatic hydroxyl groups excluding tert-OH is 1. The lowest BCUT2D eigenvalue weighted by atomic mass is 10.1. The second-order valence-electron chi connectivity index (χ2n) is 7.17. The summed E-state index contributed by atoms with van der Waals surface area (Å²) in [6.07, 6.45) is 1.70. The van der Waals surface area contributed by atoms with Crippen LogP contribution in [0.2, 0.25) is 0 Å². The van der Waals surface area contributed by atoms with Crippen LogP contribution in [0.1, 0.15) is 18.4 Å². The normalized spacial score (nSPS) is 17.7. The molecule has 1 aliphatic heterocycles. The number of likely N-dealkylation sites (tertiary alicyclic amines) is 1. The Balaban J connectivity index is 1.48. The van der Waals surface area contributed by atoms with Crippen LogP contribution in [0.15, 0.2) is 35.0 Å². The van der Waals surface area contributed by atoms with E-state index < -0.39 is 0 Å². The maximum Gasteiger partial charge on any atom is 0.245 e. The molecule has 3 aromatic rings. The molecular formula is C19H25N7O2. The molecule has 1 aromatic carbocycles. The van der Waals surface area contributed by atoms with Crippen molar-refractivity contribution in [1.29, 1.82) is 0 Å². The molecule has 0 amide bonds. The topological polar surface area (TPSA) is 103 Å². The van der Waals surface area contributed by atoms with Gasteiger partial charge in [-0.05, 0) is 35.3 Å². The summed E-state index contributed by atoms with van der Waals surface area (Å²) in [5.74, 6) is 1.35. The molecule has 0 bridgehead atoms. The molecule has 28 heavy (non-hydrogen) atoms. The van der Waals surface area contributed by atoms with E-state index in [4.69, 9.17) is 4.63 Å². The van der Waals surface area contributed by atoms with Crippen LogP contribution >= 0.6 is 0 Å². The lowest BCUT2D eigenvalue weighted by Crippen LogP contribution is -2.40. The highest BCUT2D eigenvalue weighted by Crippen LogP contribution is 2.24. The Kier molecular flexibility index (Phi) is 5.63. The van der Waals surface area contributed by atoms with Gasteiger partial charge in [0.05, 0.1) is 6.10 Å². The number of aromatic nitrogens is 4. The van der Waals surface area contributed by atoms with Crippen LogP contribution in [0.3, 0.4) is 0 Å². The fourth-order valence-electron chi connectivity index (χ4n) is 3.51. The van der Waals surface area contributed by atoms with Crippen molar-refractivity contribution in [3.05, 3.63) is 35.9 Å². The van der Waals surface area contributed by atoms with Gasteiger partial charge in [0.2, 0.25) is 11.3 Å². The number of nitrogens with zero attached hydrogens (tertiary/aromatic N) is 6. The van der Waals surface area contributed by atoms with Crippen molar-refractivity contribution >= 4 is 22.9 Å². The number of piperidine rings is 1. The zero-order chi connectivity index (χ0) is 19.3. The number of β-amino-alcohol motifs (C(OH)–C–C–N with tert-alkyl or cyclic N) is 1. The number of rotatable bonds is 7. The van der Waals surface area contributed by atoms with Crippen molar-refractivity contribution in [2.24, 2.45) is 0 Å². The average Bonchev–Trinajstić information content (AvgIpc) is 3.15. The third-order valence-corrected chi connectivity index (χ3v) is 4.92. The Morgan fingerprint density at radius 1 is 1.21 bits per heavy atom. The molecule has 1 saturated heterocycles. The molecule has 1 unspecified atom stereocenters. The number of benzene rings is 1. The summed E-state index contributed by atoms with van der Waals surface area (Å²) in [6, 6.07) is 10.2. The molecular weight excluding hydrogens is 358 g/mol. The fourth-order valence-corrected chi connectivity index (χ4v) is 3.51. The molecule has 9 heteroatoms. The Morgan fingerprint density at radius 3 is 2.79 bits per heavy atom. The van der Waals surface area contributed by atoms with Crippen LogP contribution in [-0.4, -0.2) is 69.6 Å². The molecule has 9 nitrogen and oxygen atoms in total. The van der Waals surface area contributed by atoms with Crippen LogP contribution in [0.5, 0.6) is 0 Å². The predicted molar refractivity (Wildman–Crippen MR) is 106 cm³/mol. The van der Waals surface area contributed by atoms with E-state index in [1.165, 1.54) is 5.56 Å².